The number of nitrogens with one attached hydrogen (secondary N) is 2. The molecule has 0 saturated heterocycles. The van der Waals surface area contributed by atoms with Gasteiger partial charge in [0, 0.05) is 11.9 Å². The molecule has 4 nitrogen and oxygen atoms in total. The van der Waals surface area contributed by atoms with E-state index in [4.69, 9.17) is 12.2 Å². The fraction of sp³-hybridized carbons (Fsp3) is 0.158. The molecule has 2 N–H and O–H groups in total. The molecule has 0 spiro atoms. The molecule has 0 aliphatic carbocycles. The summed E-state index contributed by atoms with van der Waals surface area (Å²) in [5.74, 6) is 0.375. The molecule has 0 aliphatic heterocycles. The molecule has 1 heterocycles. The highest BCUT2D eigenvalue weighted by molar-refractivity contribution is 9.10. The minimum atomic E-state index is -0.249. The molecule has 0 atom stereocenters. The van der Waals surface area contributed by atoms with Gasteiger partial charge in [0.25, 0.3) is 0 Å². The average molecular weight is 433 g/mol. The van der Waals surface area contributed by atoms with Gasteiger partial charge in [0.05, 0.1) is 11.0 Å². The van der Waals surface area contributed by atoms with Crippen molar-refractivity contribution in [1.82, 2.24) is 9.78 Å². The van der Waals surface area contributed by atoms with Gasteiger partial charge >= 0.3 is 0 Å². The molecule has 3 aromatic rings. The van der Waals surface area contributed by atoms with Crippen LogP contribution in [0.25, 0.3) is 0 Å². The third-order valence-electron chi connectivity index (χ3n) is 3.85. The molecule has 7 heteroatoms. The fourth-order valence-electron chi connectivity index (χ4n) is 2.55. The molecule has 0 bridgehead atoms. The van der Waals surface area contributed by atoms with Crippen LogP contribution in [0.1, 0.15) is 18.1 Å². The van der Waals surface area contributed by atoms with Crippen molar-refractivity contribution >= 4 is 44.8 Å². The molecule has 0 aliphatic rings. The van der Waals surface area contributed by atoms with Crippen molar-refractivity contribution in [1.29, 1.82) is 0 Å². The zero-order chi connectivity index (χ0) is 18.5. The first kappa shape index (κ1) is 18.5. The lowest BCUT2D eigenvalue weighted by molar-refractivity contribution is 0.624. The van der Waals surface area contributed by atoms with E-state index in [0.717, 1.165) is 22.1 Å². The van der Waals surface area contributed by atoms with Crippen molar-refractivity contribution in [2.75, 3.05) is 10.6 Å². The number of para-hydroxylation sites is 1. The fourth-order valence-corrected chi connectivity index (χ4v) is 3.17. The van der Waals surface area contributed by atoms with Gasteiger partial charge in [-0.2, -0.15) is 5.10 Å². The summed E-state index contributed by atoms with van der Waals surface area (Å²) < 4.78 is 15.6. The van der Waals surface area contributed by atoms with Gasteiger partial charge < -0.3 is 10.6 Å². The second-order valence-electron chi connectivity index (χ2n) is 5.74. The third-order valence-corrected chi connectivity index (χ3v) is 4.64. The summed E-state index contributed by atoms with van der Waals surface area (Å²) >= 11 is 8.90. The van der Waals surface area contributed by atoms with E-state index in [1.165, 1.54) is 17.7 Å². The maximum atomic E-state index is 13.0. The Morgan fingerprint density at radius 3 is 2.62 bits per heavy atom. The molecule has 0 saturated carbocycles. The lowest BCUT2D eigenvalue weighted by Crippen LogP contribution is -2.20. The van der Waals surface area contributed by atoms with E-state index in [1.807, 2.05) is 24.4 Å². The lowest BCUT2D eigenvalue weighted by atomic mass is 10.1. The number of aryl methyl sites for hydroxylation is 1. The molecule has 3 rings (SSSR count). The number of hydrogen-bond donors (Lipinski definition) is 2. The van der Waals surface area contributed by atoms with Crippen molar-refractivity contribution in [3.63, 3.8) is 0 Å². The Bertz CT molecular complexity index is 908. The Balaban J connectivity index is 1.67. The number of rotatable bonds is 5. The van der Waals surface area contributed by atoms with Crippen molar-refractivity contribution in [3.05, 3.63) is 76.1 Å². The Morgan fingerprint density at radius 1 is 1.15 bits per heavy atom. The maximum Gasteiger partial charge on any atom is 0.176 e. The SMILES string of the molecule is CCc1ccccc1NC(=S)Nc1nn(Cc2ccc(F)cc2)cc1Br. The summed E-state index contributed by atoms with van der Waals surface area (Å²) in [4.78, 5) is 0. The minimum absolute atomic E-state index is 0.249. The molecule has 0 radical (unpaired) electrons. The smallest absolute Gasteiger partial charge is 0.176 e. The predicted molar refractivity (Wildman–Crippen MR) is 111 cm³/mol. The van der Waals surface area contributed by atoms with E-state index in [2.05, 4.69) is 44.7 Å². The number of halogens is 2. The topological polar surface area (TPSA) is 41.9 Å². The molecule has 26 heavy (non-hydrogen) atoms. The molecule has 0 fully saturated rings. The van der Waals surface area contributed by atoms with Crippen LogP contribution in [0.15, 0.2) is 59.2 Å². The maximum absolute atomic E-state index is 13.0. The van der Waals surface area contributed by atoms with Gasteiger partial charge in [-0.25, -0.2) is 4.39 Å². The quantitative estimate of drug-likeness (QED) is 0.543. The van der Waals surface area contributed by atoms with E-state index in [1.54, 1.807) is 16.8 Å². The van der Waals surface area contributed by atoms with Crippen LogP contribution in [-0.4, -0.2) is 14.9 Å². The van der Waals surface area contributed by atoms with E-state index in [-0.39, 0.29) is 5.82 Å². The normalized spacial score (nSPS) is 10.6. The highest BCUT2D eigenvalue weighted by Gasteiger charge is 2.10. The molecular formula is C19H18BrFN4S. The van der Waals surface area contributed by atoms with Gasteiger partial charge in [-0.3, -0.25) is 4.68 Å². The summed E-state index contributed by atoms with van der Waals surface area (Å²) in [6.07, 6.45) is 2.77. The van der Waals surface area contributed by atoms with E-state index < -0.39 is 0 Å². The number of anilines is 2. The first-order chi connectivity index (χ1) is 12.5. The van der Waals surface area contributed by atoms with Crippen LogP contribution >= 0.6 is 28.1 Å². The van der Waals surface area contributed by atoms with Gasteiger partial charge in [-0.1, -0.05) is 37.3 Å². The van der Waals surface area contributed by atoms with Crippen molar-refractivity contribution < 1.29 is 4.39 Å². The zero-order valence-electron chi connectivity index (χ0n) is 14.2. The Labute approximate surface area is 165 Å². The van der Waals surface area contributed by atoms with Gasteiger partial charge in [-0.15, -0.1) is 0 Å². The minimum Gasteiger partial charge on any atom is -0.332 e. The number of benzene rings is 2. The molecule has 0 unspecified atom stereocenters. The summed E-state index contributed by atoms with van der Waals surface area (Å²) in [5, 5.41) is 11.3. The molecule has 0 amide bonds. The number of hydrogen-bond acceptors (Lipinski definition) is 2. The molecule has 134 valence electrons. The van der Waals surface area contributed by atoms with Crippen LogP contribution in [0.2, 0.25) is 0 Å². The third kappa shape index (κ3) is 4.68. The van der Waals surface area contributed by atoms with E-state index >= 15 is 0 Å². The number of nitrogens with zero attached hydrogens (tertiary/aromatic N) is 2. The van der Waals surface area contributed by atoms with Crippen LogP contribution in [0, 0.1) is 5.82 Å². The zero-order valence-corrected chi connectivity index (χ0v) is 16.6. The number of thiocarbonyl (C=S) groups is 1. The molecule has 1 aromatic heterocycles. The molecule has 2 aromatic carbocycles. The van der Waals surface area contributed by atoms with Crippen molar-refractivity contribution in [2.45, 2.75) is 19.9 Å². The summed E-state index contributed by atoms with van der Waals surface area (Å²) in [6.45, 7) is 2.64. The van der Waals surface area contributed by atoms with Crippen LogP contribution < -0.4 is 10.6 Å². The lowest BCUT2D eigenvalue weighted by Gasteiger charge is -2.12. The Morgan fingerprint density at radius 2 is 1.88 bits per heavy atom. The highest BCUT2D eigenvalue weighted by atomic mass is 79.9. The first-order valence-electron chi connectivity index (χ1n) is 8.18. The first-order valence-corrected chi connectivity index (χ1v) is 9.38. The second kappa shape index (κ2) is 8.42. The molecular weight excluding hydrogens is 415 g/mol. The number of aromatic nitrogens is 2. The average Bonchev–Trinajstić information content (AvgIpc) is 2.96. The second-order valence-corrected chi connectivity index (χ2v) is 7.00. The van der Waals surface area contributed by atoms with Crippen LogP contribution in [-0.2, 0) is 13.0 Å². The summed E-state index contributed by atoms with van der Waals surface area (Å²) in [6, 6.07) is 14.4. The van der Waals surface area contributed by atoms with Crippen LogP contribution in [0.4, 0.5) is 15.9 Å². The van der Waals surface area contributed by atoms with Gasteiger partial charge in [0.15, 0.2) is 10.9 Å². The summed E-state index contributed by atoms with van der Waals surface area (Å²) in [7, 11) is 0. The summed E-state index contributed by atoms with van der Waals surface area (Å²) in [5.41, 5.74) is 3.14. The van der Waals surface area contributed by atoms with Crippen molar-refractivity contribution in [2.24, 2.45) is 0 Å². The van der Waals surface area contributed by atoms with Crippen LogP contribution in [0.3, 0.4) is 0 Å². The largest absolute Gasteiger partial charge is 0.332 e. The van der Waals surface area contributed by atoms with Crippen LogP contribution in [0.5, 0.6) is 0 Å². The predicted octanol–water partition coefficient (Wildman–Crippen LogP) is 5.20. The Hall–Kier alpha value is -2.25. The van der Waals surface area contributed by atoms with Crippen molar-refractivity contribution in [3.8, 4) is 0 Å². The Kier molecular flexibility index (Phi) is 6.00. The van der Waals surface area contributed by atoms with Gasteiger partial charge in [-0.05, 0) is 63.9 Å². The van der Waals surface area contributed by atoms with Gasteiger partial charge in [0.1, 0.15) is 5.82 Å². The van der Waals surface area contributed by atoms with E-state index in [9.17, 15) is 4.39 Å². The highest BCUT2D eigenvalue weighted by Crippen LogP contribution is 2.22. The van der Waals surface area contributed by atoms with E-state index in [0.29, 0.717) is 17.5 Å². The standard InChI is InChI=1S/C19H18BrFN4S/c1-2-14-5-3-4-6-17(14)22-19(26)23-18-16(20)12-25(24-18)11-13-7-9-15(21)10-8-13/h3-10,12H,2,11H2,1H3,(H2,22,23,24,26). The van der Waals surface area contributed by atoms with Gasteiger partial charge in [0.2, 0.25) is 0 Å². The monoisotopic (exact) mass is 432 g/mol.